The molecule has 0 bridgehead atoms. The van der Waals surface area contributed by atoms with Crippen molar-refractivity contribution in [3.05, 3.63) is 28.4 Å². The second kappa shape index (κ2) is 5.06. The molecule has 0 aliphatic rings. The van der Waals surface area contributed by atoms with Crippen LogP contribution in [0, 0.1) is 0 Å². The van der Waals surface area contributed by atoms with Crippen molar-refractivity contribution in [1.82, 2.24) is 15.3 Å². The molecule has 0 aromatic carbocycles. The standard InChI is InChI=1S/C9H11N3O4/c1-2-5(9(15)16)12-8(14)6-3-11-7(13)4-10-6/h3-5H,2H2,1H3,(H,11,13)(H,12,14)(H,15,16)/t5-/m0/s1. The van der Waals surface area contributed by atoms with Crippen molar-refractivity contribution in [2.75, 3.05) is 0 Å². The fourth-order valence-corrected chi connectivity index (χ4v) is 1.04. The van der Waals surface area contributed by atoms with Crippen molar-refractivity contribution in [3.63, 3.8) is 0 Å². The van der Waals surface area contributed by atoms with Gasteiger partial charge >= 0.3 is 5.97 Å². The molecular formula is C9H11N3O4. The third-order valence-corrected chi connectivity index (χ3v) is 1.92. The Labute approximate surface area is 90.5 Å². The van der Waals surface area contributed by atoms with E-state index in [9.17, 15) is 14.4 Å². The van der Waals surface area contributed by atoms with Gasteiger partial charge in [0.25, 0.3) is 11.5 Å². The Bertz CT molecular complexity index is 434. The van der Waals surface area contributed by atoms with Gasteiger partial charge in [0.1, 0.15) is 11.7 Å². The number of aromatic nitrogens is 2. The fourth-order valence-electron chi connectivity index (χ4n) is 1.04. The molecule has 0 aliphatic carbocycles. The van der Waals surface area contributed by atoms with Gasteiger partial charge in [-0.2, -0.15) is 0 Å². The number of carbonyl (C=O) groups is 2. The largest absolute Gasteiger partial charge is 0.480 e. The second-order valence-electron chi connectivity index (χ2n) is 3.07. The lowest BCUT2D eigenvalue weighted by Crippen LogP contribution is -2.40. The first kappa shape index (κ1) is 11.9. The Kier molecular flexibility index (Phi) is 3.76. The molecule has 1 atom stereocenters. The molecule has 1 heterocycles. The van der Waals surface area contributed by atoms with Crippen molar-refractivity contribution in [3.8, 4) is 0 Å². The lowest BCUT2D eigenvalue weighted by atomic mass is 10.2. The van der Waals surface area contributed by atoms with E-state index < -0.39 is 23.5 Å². The number of nitrogens with zero attached hydrogens (tertiary/aromatic N) is 1. The molecule has 1 aromatic rings. The molecule has 0 saturated heterocycles. The number of amides is 1. The number of hydrogen-bond acceptors (Lipinski definition) is 4. The molecule has 1 aromatic heterocycles. The van der Waals surface area contributed by atoms with E-state index in [0.717, 1.165) is 12.4 Å². The zero-order valence-corrected chi connectivity index (χ0v) is 8.56. The van der Waals surface area contributed by atoms with Gasteiger partial charge in [0.05, 0.1) is 6.20 Å². The van der Waals surface area contributed by atoms with Crippen LogP contribution in [0.4, 0.5) is 0 Å². The molecule has 0 fully saturated rings. The van der Waals surface area contributed by atoms with E-state index in [1.807, 2.05) is 0 Å². The molecule has 0 aliphatic heterocycles. The summed E-state index contributed by atoms with van der Waals surface area (Å²) in [5.74, 6) is -1.74. The molecule has 1 rings (SSSR count). The molecule has 0 unspecified atom stereocenters. The summed E-state index contributed by atoms with van der Waals surface area (Å²) in [6.07, 6.45) is 2.35. The lowest BCUT2D eigenvalue weighted by molar-refractivity contribution is -0.139. The Hall–Kier alpha value is -2.18. The van der Waals surface area contributed by atoms with Gasteiger partial charge in [0, 0.05) is 6.20 Å². The van der Waals surface area contributed by atoms with Crippen LogP contribution in [0.3, 0.4) is 0 Å². The molecule has 16 heavy (non-hydrogen) atoms. The first-order valence-electron chi connectivity index (χ1n) is 4.63. The fraction of sp³-hybridized carbons (Fsp3) is 0.333. The van der Waals surface area contributed by atoms with Crippen LogP contribution in [-0.2, 0) is 4.79 Å². The number of carbonyl (C=O) groups excluding carboxylic acids is 1. The minimum atomic E-state index is -1.11. The monoisotopic (exact) mass is 225 g/mol. The molecule has 0 spiro atoms. The molecule has 1 amide bonds. The predicted molar refractivity (Wildman–Crippen MR) is 54.0 cm³/mol. The number of aliphatic carboxylic acids is 1. The SMILES string of the molecule is CC[C@H](NC(=O)c1c[nH]c(=O)cn1)C(=O)O. The van der Waals surface area contributed by atoms with E-state index in [0.29, 0.717) is 0 Å². The number of hydrogen-bond donors (Lipinski definition) is 3. The highest BCUT2D eigenvalue weighted by Gasteiger charge is 2.18. The van der Waals surface area contributed by atoms with Crippen LogP contribution in [0.15, 0.2) is 17.2 Å². The van der Waals surface area contributed by atoms with Crippen LogP contribution in [0.1, 0.15) is 23.8 Å². The number of H-pyrrole nitrogens is 1. The summed E-state index contributed by atoms with van der Waals surface area (Å²) in [5.41, 5.74) is -0.457. The highest BCUT2D eigenvalue weighted by atomic mass is 16.4. The summed E-state index contributed by atoms with van der Waals surface area (Å²) in [4.78, 5) is 38.7. The van der Waals surface area contributed by atoms with Crippen molar-refractivity contribution >= 4 is 11.9 Å². The molecule has 7 heteroatoms. The summed E-state index contributed by atoms with van der Waals surface area (Å²) in [6, 6.07) is -0.957. The highest BCUT2D eigenvalue weighted by molar-refractivity contribution is 5.94. The number of aromatic amines is 1. The zero-order chi connectivity index (χ0) is 12.1. The predicted octanol–water partition coefficient (Wildman–Crippen LogP) is -0.637. The average molecular weight is 225 g/mol. The number of rotatable bonds is 4. The minimum absolute atomic E-state index is 0.0284. The van der Waals surface area contributed by atoms with E-state index >= 15 is 0 Å². The van der Waals surface area contributed by atoms with Crippen molar-refractivity contribution in [2.45, 2.75) is 19.4 Å². The molecule has 7 nitrogen and oxygen atoms in total. The summed E-state index contributed by atoms with van der Waals surface area (Å²) >= 11 is 0. The maximum absolute atomic E-state index is 11.5. The molecule has 3 N–H and O–H groups in total. The van der Waals surface area contributed by atoms with E-state index in [1.54, 1.807) is 6.92 Å². The summed E-state index contributed by atoms with van der Waals surface area (Å²) in [7, 11) is 0. The number of nitrogens with one attached hydrogen (secondary N) is 2. The highest BCUT2D eigenvalue weighted by Crippen LogP contribution is 1.94. The maximum atomic E-state index is 11.5. The van der Waals surface area contributed by atoms with Gasteiger partial charge in [0.2, 0.25) is 0 Å². The van der Waals surface area contributed by atoms with Crippen molar-refractivity contribution in [1.29, 1.82) is 0 Å². The van der Waals surface area contributed by atoms with Crippen LogP contribution in [-0.4, -0.2) is 33.0 Å². The second-order valence-corrected chi connectivity index (χ2v) is 3.07. The van der Waals surface area contributed by atoms with E-state index in [1.165, 1.54) is 0 Å². The van der Waals surface area contributed by atoms with Gasteiger partial charge in [-0.15, -0.1) is 0 Å². The third kappa shape index (κ3) is 2.91. The molecule has 0 radical (unpaired) electrons. The normalized spacial score (nSPS) is 11.8. The van der Waals surface area contributed by atoms with Gasteiger partial charge in [0.15, 0.2) is 0 Å². The van der Waals surface area contributed by atoms with Crippen LogP contribution >= 0.6 is 0 Å². The third-order valence-electron chi connectivity index (χ3n) is 1.92. The minimum Gasteiger partial charge on any atom is -0.480 e. The Morgan fingerprint density at radius 2 is 2.31 bits per heavy atom. The maximum Gasteiger partial charge on any atom is 0.326 e. The quantitative estimate of drug-likeness (QED) is 0.631. The summed E-state index contributed by atoms with van der Waals surface area (Å²) in [5, 5.41) is 11.0. The Morgan fingerprint density at radius 1 is 1.62 bits per heavy atom. The summed E-state index contributed by atoms with van der Waals surface area (Å²) in [6.45, 7) is 1.64. The Morgan fingerprint density at radius 3 is 2.75 bits per heavy atom. The topological polar surface area (TPSA) is 112 Å². The molecule has 86 valence electrons. The van der Waals surface area contributed by atoms with Gasteiger partial charge < -0.3 is 15.4 Å². The van der Waals surface area contributed by atoms with Crippen molar-refractivity contribution in [2.24, 2.45) is 0 Å². The van der Waals surface area contributed by atoms with Gasteiger partial charge in [-0.05, 0) is 6.42 Å². The van der Waals surface area contributed by atoms with Crippen molar-refractivity contribution < 1.29 is 14.7 Å². The van der Waals surface area contributed by atoms with E-state index in [2.05, 4.69) is 15.3 Å². The van der Waals surface area contributed by atoms with E-state index in [4.69, 9.17) is 5.11 Å². The Balaban J connectivity index is 2.75. The van der Waals surface area contributed by atoms with Gasteiger partial charge in [-0.1, -0.05) is 6.92 Å². The smallest absolute Gasteiger partial charge is 0.326 e. The van der Waals surface area contributed by atoms with Gasteiger partial charge in [-0.3, -0.25) is 9.59 Å². The van der Waals surface area contributed by atoms with Crippen LogP contribution in [0.2, 0.25) is 0 Å². The van der Waals surface area contributed by atoms with E-state index in [-0.39, 0.29) is 12.1 Å². The molecule has 0 saturated carbocycles. The summed E-state index contributed by atoms with van der Waals surface area (Å²) < 4.78 is 0. The van der Waals surface area contributed by atoms with Gasteiger partial charge in [-0.25, -0.2) is 9.78 Å². The lowest BCUT2D eigenvalue weighted by Gasteiger charge is -2.11. The van der Waals surface area contributed by atoms with Crippen LogP contribution in [0.5, 0.6) is 0 Å². The van der Waals surface area contributed by atoms with Crippen LogP contribution in [0.25, 0.3) is 0 Å². The average Bonchev–Trinajstić information content (AvgIpc) is 2.26. The zero-order valence-electron chi connectivity index (χ0n) is 8.56. The van der Waals surface area contributed by atoms with Crippen LogP contribution < -0.4 is 10.9 Å². The first-order chi connectivity index (χ1) is 7.54. The number of carboxylic acid groups (broad SMARTS) is 1. The number of carboxylic acids is 1. The first-order valence-corrected chi connectivity index (χ1v) is 4.63. The molecular weight excluding hydrogens is 214 g/mol.